The number of nitrogens with zero attached hydrogens (tertiary/aromatic N) is 1. The summed E-state index contributed by atoms with van der Waals surface area (Å²) in [5.41, 5.74) is 1.52. The zero-order chi connectivity index (χ0) is 36.4. The molecule has 51 heavy (non-hydrogen) atoms. The Kier molecular flexibility index (Phi) is 13.8. The van der Waals surface area contributed by atoms with Crippen LogP contribution in [-0.4, -0.2) is 84.5 Å². The zero-order valence-corrected chi connectivity index (χ0v) is 31.2. The summed E-state index contributed by atoms with van der Waals surface area (Å²) in [6.45, 7) is 5.71. The van der Waals surface area contributed by atoms with Crippen molar-refractivity contribution in [3.8, 4) is 17.6 Å². The van der Waals surface area contributed by atoms with E-state index in [0.717, 1.165) is 16.7 Å². The zero-order valence-electron chi connectivity index (χ0n) is 30.3. The van der Waals surface area contributed by atoms with Gasteiger partial charge in [0, 0.05) is 12.4 Å². The van der Waals surface area contributed by atoms with Gasteiger partial charge in [0.15, 0.2) is 0 Å². The van der Waals surface area contributed by atoms with Gasteiger partial charge in [0.25, 0.3) is 0 Å². The van der Waals surface area contributed by atoms with Gasteiger partial charge in [-0.25, -0.2) is 4.57 Å². The van der Waals surface area contributed by atoms with Gasteiger partial charge in [-0.3, -0.25) is 13.6 Å². The van der Waals surface area contributed by atoms with E-state index in [1.165, 1.54) is 0 Å². The first-order chi connectivity index (χ1) is 24.6. The van der Waals surface area contributed by atoms with Crippen molar-refractivity contribution in [2.75, 3.05) is 34.0 Å². The minimum atomic E-state index is -4.20. The Hall–Kier alpha value is -3.24. The second kappa shape index (κ2) is 18.0. The predicted octanol–water partition coefficient (Wildman–Crippen LogP) is 6.17. The molecule has 2 saturated heterocycles. The maximum absolute atomic E-state index is 14.3. The third-order valence-corrected chi connectivity index (χ3v) is 10.5. The van der Waals surface area contributed by atoms with E-state index in [4.69, 9.17) is 42.0 Å². The summed E-state index contributed by atoms with van der Waals surface area (Å²) in [5, 5.41) is 9.17. The largest absolute Gasteiger partial charge is 0.497 e. The van der Waals surface area contributed by atoms with E-state index >= 15 is 0 Å². The highest BCUT2D eigenvalue weighted by Crippen LogP contribution is 2.53. The number of methoxy groups -OCH3 is 2. The maximum Gasteiger partial charge on any atom is 0.475 e. The fourth-order valence-electron chi connectivity index (χ4n) is 6.65. The first kappa shape index (κ1) is 39.0. The van der Waals surface area contributed by atoms with Crippen LogP contribution in [0.25, 0.3) is 0 Å². The SMILES string of the molecule is B[C@H]1CC(OC(C)C)[C@@H](COP(=O)(OCCC#N)OC2C[C@H](C)O[C@@H]2COC(c2ccccc2)(c2ccc(OC)cc2)c2ccc(OC)cc2)O1. The van der Waals surface area contributed by atoms with Gasteiger partial charge < -0.3 is 28.4 Å². The number of rotatable bonds is 18. The van der Waals surface area contributed by atoms with Crippen molar-refractivity contribution in [2.24, 2.45) is 0 Å². The fraction of sp³-hybridized carbons (Fsp3) is 0.500. The van der Waals surface area contributed by atoms with E-state index in [1.807, 2.05) is 114 Å². The van der Waals surface area contributed by atoms with Crippen LogP contribution in [-0.2, 0) is 42.7 Å². The van der Waals surface area contributed by atoms with Crippen molar-refractivity contribution in [2.45, 2.75) is 88.3 Å². The molecule has 11 nitrogen and oxygen atoms in total. The summed E-state index contributed by atoms with van der Waals surface area (Å²) in [6, 6.07) is 27.4. The molecule has 5 rings (SSSR count). The topological polar surface area (TPSA) is 124 Å². The van der Waals surface area contributed by atoms with Gasteiger partial charge in [0.2, 0.25) is 0 Å². The molecule has 3 unspecified atom stereocenters. The van der Waals surface area contributed by atoms with E-state index < -0.39 is 31.7 Å². The molecular formula is C38H49BNO10P. The van der Waals surface area contributed by atoms with Crippen LogP contribution >= 0.6 is 7.82 Å². The Balaban J connectivity index is 1.43. The van der Waals surface area contributed by atoms with Crippen molar-refractivity contribution < 1.29 is 46.6 Å². The quantitative estimate of drug-likeness (QED) is 0.0649. The number of hydrogen-bond acceptors (Lipinski definition) is 11. The predicted molar refractivity (Wildman–Crippen MR) is 194 cm³/mol. The molecule has 2 aliphatic rings. The van der Waals surface area contributed by atoms with Crippen LogP contribution < -0.4 is 9.47 Å². The highest BCUT2D eigenvalue weighted by molar-refractivity contribution is 7.48. The molecule has 274 valence electrons. The number of phosphoric ester groups is 1. The van der Waals surface area contributed by atoms with Gasteiger partial charge in [-0.15, -0.1) is 0 Å². The molecular weight excluding hydrogens is 672 g/mol. The van der Waals surface area contributed by atoms with E-state index in [9.17, 15) is 9.83 Å². The molecule has 13 heteroatoms. The summed E-state index contributed by atoms with van der Waals surface area (Å²) < 4.78 is 68.6. The number of ether oxygens (including phenoxy) is 6. The van der Waals surface area contributed by atoms with Crippen LogP contribution in [0.4, 0.5) is 0 Å². The van der Waals surface area contributed by atoms with E-state index in [0.29, 0.717) is 24.3 Å². The summed E-state index contributed by atoms with van der Waals surface area (Å²) >= 11 is 0. The van der Waals surface area contributed by atoms with Crippen molar-refractivity contribution in [1.82, 2.24) is 0 Å². The fourth-order valence-corrected chi connectivity index (χ4v) is 8.05. The molecule has 0 radical (unpaired) electrons. The smallest absolute Gasteiger partial charge is 0.475 e. The van der Waals surface area contributed by atoms with Gasteiger partial charge in [-0.2, -0.15) is 5.26 Å². The van der Waals surface area contributed by atoms with E-state index in [-0.39, 0.29) is 50.6 Å². The van der Waals surface area contributed by atoms with Gasteiger partial charge in [0.05, 0.1) is 64.8 Å². The Morgan fingerprint density at radius 3 is 2.00 bits per heavy atom. The monoisotopic (exact) mass is 721 g/mol. The van der Waals surface area contributed by atoms with Crippen LogP contribution in [0.3, 0.4) is 0 Å². The molecule has 0 saturated carbocycles. The van der Waals surface area contributed by atoms with Crippen molar-refractivity contribution in [1.29, 1.82) is 5.26 Å². The van der Waals surface area contributed by atoms with Crippen LogP contribution in [0, 0.1) is 11.3 Å². The third kappa shape index (κ3) is 9.80. The summed E-state index contributed by atoms with van der Waals surface area (Å²) in [4.78, 5) is 0. The van der Waals surface area contributed by atoms with Crippen LogP contribution in [0.15, 0.2) is 78.9 Å². The van der Waals surface area contributed by atoms with Gasteiger partial charge in [0.1, 0.15) is 43.3 Å². The molecule has 0 bridgehead atoms. The number of hydrogen-bond donors (Lipinski definition) is 0. The lowest BCUT2D eigenvalue weighted by Gasteiger charge is -2.37. The molecule has 0 aromatic heterocycles. The molecule has 0 amide bonds. The van der Waals surface area contributed by atoms with Crippen molar-refractivity contribution in [3.63, 3.8) is 0 Å². The summed E-state index contributed by atoms with van der Waals surface area (Å²) in [6.07, 6.45) is -1.17. The first-order valence-corrected chi connectivity index (χ1v) is 18.9. The maximum atomic E-state index is 14.3. The Morgan fingerprint density at radius 2 is 1.43 bits per heavy atom. The Morgan fingerprint density at radius 1 is 0.843 bits per heavy atom. The lowest BCUT2D eigenvalue weighted by Crippen LogP contribution is -2.38. The van der Waals surface area contributed by atoms with E-state index in [2.05, 4.69) is 0 Å². The molecule has 3 aromatic rings. The number of phosphoric acid groups is 1. The average molecular weight is 722 g/mol. The van der Waals surface area contributed by atoms with Crippen molar-refractivity contribution >= 4 is 15.7 Å². The molecule has 2 heterocycles. The molecule has 2 fully saturated rings. The second-order valence-corrected chi connectivity index (χ2v) is 14.7. The van der Waals surface area contributed by atoms with Crippen LogP contribution in [0.2, 0.25) is 0 Å². The van der Waals surface area contributed by atoms with Gasteiger partial charge >= 0.3 is 7.82 Å². The molecule has 0 aliphatic carbocycles. The van der Waals surface area contributed by atoms with E-state index in [1.54, 1.807) is 14.2 Å². The molecule has 7 atom stereocenters. The molecule has 0 N–H and O–H groups in total. The lowest BCUT2D eigenvalue weighted by atomic mass is 9.80. The first-order valence-electron chi connectivity index (χ1n) is 17.5. The minimum absolute atomic E-state index is 0.0141. The third-order valence-electron chi connectivity index (χ3n) is 8.98. The van der Waals surface area contributed by atoms with Crippen LogP contribution in [0.5, 0.6) is 11.5 Å². The minimum Gasteiger partial charge on any atom is -0.497 e. The molecule has 2 aliphatic heterocycles. The van der Waals surface area contributed by atoms with Gasteiger partial charge in [-0.1, -0.05) is 54.6 Å². The highest BCUT2D eigenvalue weighted by Gasteiger charge is 2.45. The van der Waals surface area contributed by atoms with Crippen LogP contribution in [0.1, 0.15) is 56.7 Å². The number of benzene rings is 3. The normalized spacial score (nSPS) is 24.6. The average Bonchev–Trinajstić information content (AvgIpc) is 3.67. The molecule has 0 spiro atoms. The molecule has 3 aromatic carbocycles. The van der Waals surface area contributed by atoms with Gasteiger partial charge in [-0.05, 0) is 68.1 Å². The summed E-state index contributed by atoms with van der Waals surface area (Å²) in [5.74, 6) is 1.42. The van der Waals surface area contributed by atoms with Crippen molar-refractivity contribution in [3.05, 3.63) is 95.6 Å². The standard InChI is InChI=1S/C38H49BNO10P/c1-26(2)47-33-23-37(39)49-36(33)25-46-51(41,45-21-9-20-40)50-34-22-27(3)48-35(34)24-44-38(28-10-7-6-8-11-28,29-12-16-31(42-4)17-13-29)30-14-18-32(43-5)19-15-30/h6-8,10-19,26-27,33-37H,9,21-25,39H2,1-5H3/t27-,33?,34?,35+,36+,37+,51?/m0/s1. The second-order valence-electron chi connectivity index (χ2n) is 13.1. The Bertz CT molecular complexity index is 1560. The number of nitriles is 1. The lowest BCUT2D eigenvalue weighted by molar-refractivity contribution is -0.0839. The highest BCUT2D eigenvalue weighted by atomic mass is 31.2. The Labute approximate surface area is 302 Å². The summed E-state index contributed by atoms with van der Waals surface area (Å²) in [7, 11) is 1.02.